The molecule has 1 amide bonds. The fraction of sp³-hybridized carbons (Fsp3) is 0.533. The standard InChI is InChI=1S/C15H24N2O/c1-5-15(3,4)11-16-12(2)14(18)17-13-9-7-6-8-10-13/h6-10,12,16H,5,11H2,1-4H3,(H,17,18). The Kier molecular flexibility index (Phi) is 5.35. The minimum Gasteiger partial charge on any atom is -0.325 e. The summed E-state index contributed by atoms with van der Waals surface area (Å²) in [6, 6.07) is 9.35. The molecule has 0 spiro atoms. The van der Waals surface area contributed by atoms with Gasteiger partial charge in [0.05, 0.1) is 6.04 Å². The number of rotatable bonds is 6. The number of hydrogen-bond donors (Lipinski definition) is 2. The lowest BCUT2D eigenvalue weighted by Crippen LogP contribution is -2.42. The summed E-state index contributed by atoms with van der Waals surface area (Å²) >= 11 is 0. The van der Waals surface area contributed by atoms with Gasteiger partial charge in [0.1, 0.15) is 0 Å². The van der Waals surface area contributed by atoms with Crippen LogP contribution in [0.3, 0.4) is 0 Å². The third-order valence-electron chi connectivity index (χ3n) is 3.28. The van der Waals surface area contributed by atoms with Crippen LogP contribution >= 0.6 is 0 Å². The minimum absolute atomic E-state index is 0.00750. The zero-order chi connectivity index (χ0) is 13.6. The van der Waals surface area contributed by atoms with Crippen molar-refractivity contribution in [1.29, 1.82) is 0 Å². The molecule has 3 nitrogen and oxygen atoms in total. The number of anilines is 1. The Hall–Kier alpha value is -1.35. The molecule has 0 bridgehead atoms. The second-order valence-corrected chi connectivity index (χ2v) is 5.48. The summed E-state index contributed by atoms with van der Waals surface area (Å²) in [5.41, 5.74) is 1.06. The van der Waals surface area contributed by atoms with E-state index in [1.54, 1.807) is 0 Å². The minimum atomic E-state index is -0.184. The summed E-state index contributed by atoms with van der Waals surface area (Å²) in [4.78, 5) is 11.9. The highest BCUT2D eigenvalue weighted by Crippen LogP contribution is 2.18. The van der Waals surface area contributed by atoms with Crippen LogP contribution in [0.2, 0.25) is 0 Å². The van der Waals surface area contributed by atoms with Crippen molar-refractivity contribution in [3.63, 3.8) is 0 Å². The maximum absolute atomic E-state index is 11.9. The van der Waals surface area contributed by atoms with E-state index >= 15 is 0 Å². The summed E-state index contributed by atoms with van der Waals surface area (Å²) in [6.07, 6.45) is 1.09. The zero-order valence-electron chi connectivity index (χ0n) is 11.8. The molecule has 0 aliphatic heterocycles. The Bertz CT molecular complexity index is 373. The Balaban J connectivity index is 2.43. The van der Waals surface area contributed by atoms with Gasteiger partial charge in [-0.15, -0.1) is 0 Å². The highest BCUT2D eigenvalue weighted by Gasteiger charge is 2.18. The van der Waals surface area contributed by atoms with Gasteiger partial charge in [0.15, 0.2) is 0 Å². The third-order valence-corrected chi connectivity index (χ3v) is 3.28. The predicted molar refractivity (Wildman–Crippen MR) is 76.6 cm³/mol. The van der Waals surface area contributed by atoms with Crippen LogP contribution in [0.4, 0.5) is 5.69 Å². The molecule has 0 saturated carbocycles. The van der Waals surface area contributed by atoms with Crippen molar-refractivity contribution in [2.75, 3.05) is 11.9 Å². The van der Waals surface area contributed by atoms with Gasteiger partial charge < -0.3 is 10.6 Å². The Labute approximate surface area is 110 Å². The number of para-hydroxylation sites is 1. The molecule has 0 aliphatic carbocycles. The lowest BCUT2D eigenvalue weighted by atomic mass is 9.90. The average molecular weight is 248 g/mol. The van der Waals surface area contributed by atoms with Crippen molar-refractivity contribution >= 4 is 11.6 Å². The smallest absolute Gasteiger partial charge is 0.241 e. The molecular weight excluding hydrogens is 224 g/mol. The molecule has 1 atom stereocenters. The van der Waals surface area contributed by atoms with E-state index in [2.05, 4.69) is 31.4 Å². The van der Waals surface area contributed by atoms with Crippen LogP contribution in [-0.4, -0.2) is 18.5 Å². The molecule has 0 radical (unpaired) electrons. The van der Waals surface area contributed by atoms with Crippen LogP contribution in [0.15, 0.2) is 30.3 Å². The number of hydrogen-bond acceptors (Lipinski definition) is 2. The second kappa shape index (κ2) is 6.55. The molecule has 1 aromatic rings. The second-order valence-electron chi connectivity index (χ2n) is 5.48. The summed E-state index contributed by atoms with van der Waals surface area (Å²) < 4.78 is 0. The molecule has 2 N–H and O–H groups in total. The van der Waals surface area contributed by atoms with Crippen molar-refractivity contribution in [3.8, 4) is 0 Å². The van der Waals surface area contributed by atoms with E-state index in [0.717, 1.165) is 18.7 Å². The Morgan fingerprint density at radius 3 is 2.44 bits per heavy atom. The van der Waals surface area contributed by atoms with Gasteiger partial charge in [0.2, 0.25) is 5.91 Å². The SMILES string of the molecule is CCC(C)(C)CNC(C)C(=O)Nc1ccccc1. The molecule has 3 heteroatoms. The number of carbonyl (C=O) groups excluding carboxylic acids is 1. The highest BCUT2D eigenvalue weighted by atomic mass is 16.2. The molecule has 0 aromatic heterocycles. The molecular formula is C15H24N2O. The van der Waals surface area contributed by atoms with Crippen molar-refractivity contribution in [1.82, 2.24) is 5.32 Å². The van der Waals surface area contributed by atoms with E-state index in [9.17, 15) is 4.79 Å². The summed E-state index contributed by atoms with van der Waals surface area (Å²) in [6.45, 7) is 9.29. The van der Waals surface area contributed by atoms with Gasteiger partial charge in [-0.1, -0.05) is 39.0 Å². The van der Waals surface area contributed by atoms with Gasteiger partial charge in [-0.05, 0) is 30.9 Å². The summed E-state index contributed by atoms with van der Waals surface area (Å²) in [7, 11) is 0. The molecule has 1 aromatic carbocycles. The van der Waals surface area contributed by atoms with Gasteiger partial charge >= 0.3 is 0 Å². The van der Waals surface area contributed by atoms with E-state index < -0.39 is 0 Å². The van der Waals surface area contributed by atoms with Gasteiger partial charge in [0.25, 0.3) is 0 Å². The topological polar surface area (TPSA) is 41.1 Å². The maximum atomic E-state index is 11.9. The largest absolute Gasteiger partial charge is 0.325 e. The molecule has 18 heavy (non-hydrogen) atoms. The Morgan fingerprint density at radius 2 is 1.89 bits per heavy atom. The molecule has 100 valence electrons. The summed E-state index contributed by atoms with van der Waals surface area (Å²) in [5, 5.41) is 6.18. The average Bonchev–Trinajstić information content (AvgIpc) is 2.37. The van der Waals surface area contributed by atoms with E-state index in [0.29, 0.717) is 0 Å². The van der Waals surface area contributed by atoms with Crippen LogP contribution in [-0.2, 0) is 4.79 Å². The molecule has 0 fully saturated rings. The quantitative estimate of drug-likeness (QED) is 0.812. The fourth-order valence-corrected chi connectivity index (χ4v) is 1.42. The van der Waals surface area contributed by atoms with E-state index in [4.69, 9.17) is 0 Å². The Morgan fingerprint density at radius 1 is 1.28 bits per heavy atom. The van der Waals surface area contributed by atoms with Gasteiger partial charge in [0, 0.05) is 12.2 Å². The van der Waals surface area contributed by atoms with Crippen LogP contribution in [0.1, 0.15) is 34.1 Å². The first kappa shape index (κ1) is 14.7. The number of nitrogens with one attached hydrogen (secondary N) is 2. The number of carbonyl (C=O) groups is 1. The van der Waals surface area contributed by atoms with Crippen molar-refractivity contribution in [2.45, 2.75) is 40.2 Å². The van der Waals surface area contributed by atoms with Crippen molar-refractivity contribution in [3.05, 3.63) is 30.3 Å². The monoisotopic (exact) mass is 248 g/mol. The van der Waals surface area contributed by atoms with Gasteiger partial charge in [-0.25, -0.2) is 0 Å². The lowest BCUT2D eigenvalue weighted by Gasteiger charge is -2.25. The van der Waals surface area contributed by atoms with Crippen molar-refractivity contribution in [2.24, 2.45) is 5.41 Å². The van der Waals surface area contributed by atoms with Crippen molar-refractivity contribution < 1.29 is 4.79 Å². The number of benzene rings is 1. The first-order valence-corrected chi connectivity index (χ1v) is 6.54. The van der Waals surface area contributed by atoms with E-state index in [1.807, 2.05) is 37.3 Å². The third kappa shape index (κ3) is 4.88. The maximum Gasteiger partial charge on any atom is 0.241 e. The van der Waals surface area contributed by atoms with Crippen LogP contribution < -0.4 is 10.6 Å². The molecule has 0 aliphatic rings. The zero-order valence-corrected chi connectivity index (χ0v) is 11.8. The lowest BCUT2D eigenvalue weighted by molar-refractivity contribution is -0.117. The fourth-order valence-electron chi connectivity index (χ4n) is 1.42. The van der Waals surface area contributed by atoms with Gasteiger partial charge in [-0.2, -0.15) is 0 Å². The van der Waals surface area contributed by atoms with E-state index in [1.165, 1.54) is 0 Å². The highest BCUT2D eigenvalue weighted by molar-refractivity contribution is 5.94. The molecule has 0 heterocycles. The first-order chi connectivity index (χ1) is 8.44. The summed E-state index contributed by atoms with van der Waals surface area (Å²) in [5.74, 6) is 0.00750. The predicted octanol–water partition coefficient (Wildman–Crippen LogP) is 3.04. The molecule has 1 rings (SSSR count). The van der Waals surface area contributed by atoms with Gasteiger partial charge in [-0.3, -0.25) is 4.79 Å². The molecule has 0 saturated heterocycles. The van der Waals surface area contributed by atoms with Crippen LogP contribution in [0, 0.1) is 5.41 Å². The van der Waals surface area contributed by atoms with Crippen LogP contribution in [0.5, 0.6) is 0 Å². The molecule has 1 unspecified atom stereocenters. The first-order valence-electron chi connectivity index (χ1n) is 6.54. The normalized spacial score (nSPS) is 13.1. The number of amides is 1. The van der Waals surface area contributed by atoms with E-state index in [-0.39, 0.29) is 17.4 Å². The van der Waals surface area contributed by atoms with Crippen LogP contribution in [0.25, 0.3) is 0 Å².